The third-order valence-electron chi connectivity index (χ3n) is 3.04. The second-order valence-corrected chi connectivity index (χ2v) is 4.97. The highest BCUT2D eigenvalue weighted by molar-refractivity contribution is 6.35. The second-order valence-electron chi connectivity index (χ2n) is 4.97. The van der Waals surface area contributed by atoms with Gasteiger partial charge < -0.3 is 15.1 Å². The molecule has 2 amide bonds. The minimum absolute atomic E-state index is 0.166. The highest BCUT2D eigenvalue weighted by Gasteiger charge is 2.16. The fourth-order valence-corrected chi connectivity index (χ4v) is 1.94. The van der Waals surface area contributed by atoms with Crippen molar-refractivity contribution in [2.75, 3.05) is 0 Å². The molecule has 1 aromatic heterocycles. The third-order valence-corrected chi connectivity index (χ3v) is 3.04. The maximum Gasteiger partial charge on any atom is 0.309 e. The maximum atomic E-state index is 12.8. The van der Waals surface area contributed by atoms with Gasteiger partial charge in [-0.2, -0.15) is 0 Å². The summed E-state index contributed by atoms with van der Waals surface area (Å²) in [4.78, 5) is 23.4. The second kappa shape index (κ2) is 7.40. The van der Waals surface area contributed by atoms with Crippen molar-refractivity contribution in [1.82, 2.24) is 10.6 Å². The van der Waals surface area contributed by atoms with Gasteiger partial charge in [0.2, 0.25) is 0 Å². The molecule has 0 fully saturated rings. The normalized spacial score (nSPS) is 11.7. The summed E-state index contributed by atoms with van der Waals surface area (Å²) in [6.07, 6.45) is 2.06. The number of hydrogen-bond acceptors (Lipinski definition) is 3. The lowest BCUT2D eigenvalue weighted by Gasteiger charge is -2.12. The van der Waals surface area contributed by atoms with Crippen molar-refractivity contribution in [2.24, 2.45) is 0 Å². The van der Waals surface area contributed by atoms with Gasteiger partial charge in [-0.3, -0.25) is 9.59 Å². The topological polar surface area (TPSA) is 71.3 Å². The van der Waals surface area contributed by atoms with Crippen LogP contribution in [0.1, 0.15) is 18.2 Å². The molecular weight excluding hydrogens is 287 g/mol. The van der Waals surface area contributed by atoms with E-state index >= 15 is 0 Å². The zero-order valence-electron chi connectivity index (χ0n) is 12.1. The summed E-state index contributed by atoms with van der Waals surface area (Å²) in [7, 11) is 0. The largest absolute Gasteiger partial charge is 0.469 e. The molecular formula is C16H17FN2O3. The Labute approximate surface area is 127 Å². The molecule has 2 aromatic rings. The highest BCUT2D eigenvalue weighted by Crippen LogP contribution is 2.04. The van der Waals surface area contributed by atoms with E-state index in [0.29, 0.717) is 12.0 Å². The van der Waals surface area contributed by atoms with Crippen molar-refractivity contribution < 1.29 is 18.4 Å². The average molecular weight is 304 g/mol. The van der Waals surface area contributed by atoms with Gasteiger partial charge in [0.15, 0.2) is 0 Å². The Bertz CT molecular complexity index is 623. The van der Waals surface area contributed by atoms with Crippen LogP contribution < -0.4 is 10.6 Å². The van der Waals surface area contributed by atoms with Gasteiger partial charge in [-0.05, 0) is 36.8 Å². The zero-order valence-corrected chi connectivity index (χ0v) is 12.1. The molecule has 1 atom stereocenters. The van der Waals surface area contributed by atoms with Crippen LogP contribution in [0.5, 0.6) is 0 Å². The van der Waals surface area contributed by atoms with Crippen molar-refractivity contribution in [3.63, 3.8) is 0 Å². The number of benzene rings is 1. The first-order chi connectivity index (χ1) is 10.5. The number of furan rings is 1. The Balaban J connectivity index is 1.76. The van der Waals surface area contributed by atoms with Crippen LogP contribution in [0.4, 0.5) is 4.39 Å². The number of halogens is 1. The SMILES string of the molecule is CC(Cc1ccco1)NC(=O)C(=O)NCc1ccc(F)cc1. The van der Waals surface area contributed by atoms with Gasteiger partial charge in [0.05, 0.1) is 6.26 Å². The molecule has 0 aliphatic rings. The Morgan fingerprint density at radius 3 is 2.55 bits per heavy atom. The van der Waals surface area contributed by atoms with Gasteiger partial charge in [-0.15, -0.1) is 0 Å². The smallest absolute Gasteiger partial charge is 0.309 e. The van der Waals surface area contributed by atoms with Gasteiger partial charge in [0, 0.05) is 19.0 Å². The maximum absolute atomic E-state index is 12.8. The molecule has 0 radical (unpaired) electrons. The van der Waals surface area contributed by atoms with Crippen molar-refractivity contribution in [1.29, 1.82) is 0 Å². The first-order valence-corrected chi connectivity index (χ1v) is 6.90. The molecule has 1 aromatic carbocycles. The van der Waals surface area contributed by atoms with E-state index in [1.807, 2.05) is 0 Å². The van der Waals surface area contributed by atoms with E-state index in [2.05, 4.69) is 10.6 Å². The highest BCUT2D eigenvalue weighted by atomic mass is 19.1. The van der Waals surface area contributed by atoms with E-state index < -0.39 is 11.8 Å². The predicted molar refractivity (Wildman–Crippen MR) is 78.3 cm³/mol. The Hall–Kier alpha value is -2.63. The predicted octanol–water partition coefficient (Wildman–Crippen LogP) is 1.78. The van der Waals surface area contributed by atoms with Crippen LogP contribution in [-0.4, -0.2) is 17.9 Å². The van der Waals surface area contributed by atoms with Crippen LogP contribution in [0.3, 0.4) is 0 Å². The van der Waals surface area contributed by atoms with Crippen molar-refractivity contribution >= 4 is 11.8 Å². The molecule has 1 unspecified atom stereocenters. The number of rotatable bonds is 5. The van der Waals surface area contributed by atoms with Crippen LogP contribution in [0.15, 0.2) is 47.1 Å². The fraction of sp³-hybridized carbons (Fsp3) is 0.250. The summed E-state index contributed by atoms with van der Waals surface area (Å²) in [5, 5.41) is 5.08. The summed E-state index contributed by atoms with van der Waals surface area (Å²) in [5.41, 5.74) is 0.714. The molecule has 116 valence electrons. The summed E-state index contributed by atoms with van der Waals surface area (Å²) in [6.45, 7) is 1.95. The molecule has 0 saturated heterocycles. The molecule has 0 aliphatic carbocycles. The molecule has 2 rings (SSSR count). The number of carbonyl (C=O) groups is 2. The average Bonchev–Trinajstić information content (AvgIpc) is 2.99. The van der Waals surface area contributed by atoms with Crippen LogP contribution >= 0.6 is 0 Å². The monoisotopic (exact) mass is 304 g/mol. The molecule has 5 nitrogen and oxygen atoms in total. The lowest BCUT2D eigenvalue weighted by Crippen LogP contribution is -2.44. The molecule has 2 N–H and O–H groups in total. The van der Waals surface area contributed by atoms with Crippen LogP contribution in [0.25, 0.3) is 0 Å². The lowest BCUT2D eigenvalue weighted by atomic mass is 10.2. The van der Waals surface area contributed by atoms with Gasteiger partial charge >= 0.3 is 11.8 Å². The van der Waals surface area contributed by atoms with E-state index in [4.69, 9.17) is 4.42 Å². The van der Waals surface area contributed by atoms with Gasteiger partial charge in [0.1, 0.15) is 11.6 Å². The van der Waals surface area contributed by atoms with Crippen LogP contribution in [0.2, 0.25) is 0 Å². The first-order valence-electron chi connectivity index (χ1n) is 6.90. The molecule has 0 bridgehead atoms. The molecule has 1 heterocycles. The van der Waals surface area contributed by atoms with Gasteiger partial charge in [0.25, 0.3) is 0 Å². The lowest BCUT2D eigenvalue weighted by molar-refractivity contribution is -0.139. The molecule has 0 saturated carbocycles. The molecule has 6 heteroatoms. The summed E-state index contributed by atoms with van der Waals surface area (Å²) >= 11 is 0. The summed E-state index contributed by atoms with van der Waals surface area (Å²) in [5.74, 6) is -1.05. The number of nitrogens with one attached hydrogen (secondary N) is 2. The van der Waals surface area contributed by atoms with E-state index in [1.54, 1.807) is 37.5 Å². The minimum atomic E-state index is -0.726. The molecule has 0 aliphatic heterocycles. The Morgan fingerprint density at radius 2 is 1.91 bits per heavy atom. The first kappa shape index (κ1) is 15.8. The van der Waals surface area contributed by atoms with E-state index in [9.17, 15) is 14.0 Å². The number of hydrogen-bond donors (Lipinski definition) is 2. The van der Waals surface area contributed by atoms with Crippen molar-refractivity contribution in [3.8, 4) is 0 Å². The van der Waals surface area contributed by atoms with E-state index in [1.165, 1.54) is 12.1 Å². The molecule has 22 heavy (non-hydrogen) atoms. The summed E-state index contributed by atoms with van der Waals surface area (Å²) in [6, 6.07) is 9.03. The number of carbonyl (C=O) groups excluding carboxylic acids is 2. The standard InChI is InChI=1S/C16H17FN2O3/c1-11(9-14-3-2-8-22-14)19-16(21)15(20)18-10-12-4-6-13(17)7-5-12/h2-8,11H,9-10H2,1H3,(H,18,20)(H,19,21). The number of amides is 2. The molecule has 0 spiro atoms. The van der Waals surface area contributed by atoms with E-state index in [0.717, 1.165) is 5.76 Å². The minimum Gasteiger partial charge on any atom is -0.469 e. The van der Waals surface area contributed by atoms with E-state index in [-0.39, 0.29) is 18.4 Å². The van der Waals surface area contributed by atoms with Crippen LogP contribution in [0, 0.1) is 5.82 Å². The van der Waals surface area contributed by atoms with Crippen LogP contribution in [-0.2, 0) is 22.6 Å². The van der Waals surface area contributed by atoms with Crippen molar-refractivity contribution in [2.45, 2.75) is 25.9 Å². The summed E-state index contributed by atoms with van der Waals surface area (Å²) < 4.78 is 17.9. The Morgan fingerprint density at radius 1 is 1.18 bits per heavy atom. The van der Waals surface area contributed by atoms with Gasteiger partial charge in [-0.25, -0.2) is 4.39 Å². The zero-order chi connectivity index (χ0) is 15.9. The van der Waals surface area contributed by atoms with Gasteiger partial charge in [-0.1, -0.05) is 12.1 Å². The Kier molecular flexibility index (Phi) is 5.30. The fourth-order valence-electron chi connectivity index (χ4n) is 1.94. The third kappa shape index (κ3) is 4.73. The van der Waals surface area contributed by atoms with Crippen molar-refractivity contribution in [3.05, 3.63) is 59.8 Å². The quantitative estimate of drug-likeness (QED) is 0.827.